The van der Waals surface area contributed by atoms with Gasteiger partial charge in [-0.1, -0.05) is 19.1 Å². The fraction of sp³-hybridized carbons (Fsp3) is 0.308. The quantitative estimate of drug-likeness (QED) is 0.689. The number of para-hydroxylation sites is 1. The molecule has 0 aliphatic carbocycles. The van der Waals surface area contributed by atoms with E-state index in [1.807, 2.05) is 35.6 Å². The highest BCUT2D eigenvalue weighted by atomic mass is 35.5. The molecule has 0 amide bonds. The summed E-state index contributed by atoms with van der Waals surface area (Å²) in [5, 5.41) is 8.84. The number of fused-ring (bicyclic) bond motifs is 3. The van der Waals surface area contributed by atoms with Gasteiger partial charge < -0.3 is 0 Å². The molecule has 0 radical (unpaired) electrons. The van der Waals surface area contributed by atoms with Crippen LogP contribution in [0.25, 0.3) is 16.7 Å². The molecule has 0 spiro atoms. The van der Waals surface area contributed by atoms with Crippen LogP contribution in [0.2, 0.25) is 0 Å². The van der Waals surface area contributed by atoms with E-state index in [1.165, 1.54) is 0 Å². The molecule has 3 aromatic rings. The summed E-state index contributed by atoms with van der Waals surface area (Å²) in [6, 6.07) is 7.46. The van der Waals surface area contributed by atoms with Crippen LogP contribution in [0.4, 0.5) is 0 Å². The zero-order valence-corrected chi connectivity index (χ0v) is 11.3. The van der Waals surface area contributed by atoms with E-state index in [4.69, 9.17) is 11.6 Å². The monoisotopic (exact) mass is 276 g/mol. The van der Waals surface area contributed by atoms with Gasteiger partial charge in [-0.15, -0.1) is 21.8 Å². The maximum Gasteiger partial charge on any atom is 0.262 e. The van der Waals surface area contributed by atoms with Gasteiger partial charge in [-0.2, -0.15) is 0 Å². The molecule has 5 nitrogen and oxygen atoms in total. The fourth-order valence-corrected chi connectivity index (χ4v) is 2.50. The molecule has 6 heteroatoms. The fourth-order valence-electron chi connectivity index (χ4n) is 2.33. The van der Waals surface area contributed by atoms with Gasteiger partial charge in [0.2, 0.25) is 5.78 Å². The predicted octanol–water partition coefficient (Wildman–Crippen LogP) is 2.19. The Morgan fingerprint density at radius 3 is 2.79 bits per heavy atom. The number of nitrogens with zero attached hydrogens (tertiary/aromatic N) is 4. The summed E-state index contributed by atoms with van der Waals surface area (Å²) in [5.41, 5.74) is 0.772. The molecular weight excluding hydrogens is 264 g/mol. The van der Waals surface area contributed by atoms with Crippen molar-refractivity contribution in [2.45, 2.75) is 25.8 Å². The van der Waals surface area contributed by atoms with Crippen molar-refractivity contribution in [3.05, 3.63) is 40.4 Å². The summed E-state index contributed by atoms with van der Waals surface area (Å²) in [4.78, 5) is 12.5. The van der Waals surface area contributed by atoms with Crippen molar-refractivity contribution in [1.82, 2.24) is 19.2 Å². The van der Waals surface area contributed by atoms with E-state index in [-0.39, 0.29) is 11.4 Å². The molecule has 0 aliphatic heterocycles. The van der Waals surface area contributed by atoms with E-state index in [9.17, 15) is 4.79 Å². The molecule has 19 heavy (non-hydrogen) atoms. The van der Waals surface area contributed by atoms with Gasteiger partial charge in [0.05, 0.1) is 16.8 Å². The van der Waals surface area contributed by atoms with Gasteiger partial charge in [-0.25, -0.2) is 0 Å². The minimum absolute atomic E-state index is 0.0292. The largest absolute Gasteiger partial charge is 0.276 e. The van der Waals surface area contributed by atoms with Gasteiger partial charge in [-0.3, -0.25) is 13.8 Å². The number of hydrogen-bond acceptors (Lipinski definition) is 3. The Labute approximate surface area is 114 Å². The third kappa shape index (κ3) is 1.73. The van der Waals surface area contributed by atoms with Crippen LogP contribution in [0.15, 0.2) is 29.1 Å². The van der Waals surface area contributed by atoms with E-state index in [0.717, 1.165) is 11.9 Å². The lowest BCUT2D eigenvalue weighted by Gasteiger charge is -2.09. The van der Waals surface area contributed by atoms with E-state index in [1.54, 1.807) is 4.57 Å². The van der Waals surface area contributed by atoms with Crippen LogP contribution in [0.3, 0.4) is 0 Å². The first-order valence-corrected chi connectivity index (χ1v) is 6.73. The van der Waals surface area contributed by atoms with E-state index in [0.29, 0.717) is 23.5 Å². The Morgan fingerprint density at radius 2 is 2.05 bits per heavy atom. The second-order valence-electron chi connectivity index (χ2n) is 4.36. The van der Waals surface area contributed by atoms with Crippen LogP contribution in [-0.4, -0.2) is 19.2 Å². The Kier molecular flexibility index (Phi) is 2.98. The predicted molar refractivity (Wildman–Crippen MR) is 74.6 cm³/mol. The second kappa shape index (κ2) is 4.66. The first-order chi connectivity index (χ1) is 9.27. The molecule has 0 saturated heterocycles. The smallest absolute Gasteiger partial charge is 0.262 e. The van der Waals surface area contributed by atoms with E-state index >= 15 is 0 Å². The van der Waals surface area contributed by atoms with Crippen LogP contribution in [0.5, 0.6) is 0 Å². The molecule has 0 bridgehead atoms. The van der Waals surface area contributed by atoms with Crippen molar-refractivity contribution in [2.75, 3.05) is 0 Å². The highest BCUT2D eigenvalue weighted by molar-refractivity contribution is 6.16. The molecule has 2 aromatic heterocycles. The highest BCUT2D eigenvalue weighted by Gasteiger charge is 2.14. The van der Waals surface area contributed by atoms with E-state index in [2.05, 4.69) is 10.2 Å². The number of rotatable bonds is 3. The number of aryl methyl sites for hydroxylation is 1. The SMILES string of the molecule is CCCn1c(=O)c2ccccc2n2c(CCl)nnc12. The third-order valence-corrected chi connectivity index (χ3v) is 3.38. The average molecular weight is 277 g/mol. The summed E-state index contributed by atoms with van der Waals surface area (Å²) in [7, 11) is 0. The van der Waals surface area contributed by atoms with Crippen LogP contribution in [0, 0.1) is 0 Å². The number of benzene rings is 1. The summed E-state index contributed by atoms with van der Waals surface area (Å²) in [6.45, 7) is 2.64. The van der Waals surface area contributed by atoms with Crippen LogP contribution >= 0.6 is 11.6 Å². The van der Waals surface area contributed by atoms with Gasteiger partial charge in [0.15, 0.2) is 5.82 Å². The topological polar surface area (TPSA) is 52.2 Å². The Morgan fingerprint density at radius 1 is 1.26 bits per heavy atom. The van der Waals surface area contributed by atoms with Crippen molar-refractivity contribution in [3.8, 4) is 0 Å². The molecular formula is C13H13ClN4O. The molecule has 2 heterocycles. The average Bonchev–Trinajstić information content (AvgIpc) is 2.87. The number of hydrogen-bond donors (Lipinski definition) is 0. The molecule has 0 fully saturated rings. The lowest BCUT2D eigenvalue weighted by molar-refractivity contribution is 0.662. The van der Waals surface area contributed by atoms with Crippen molar-refractivity contribution >= 4 is 28.3 Å². The van der Waals surface area contributed by atoms with E-state index < -0.39 is 0 Å². The normalized spacial score (nSPS) is 11.5. The third-order valence-electron chi connectivity index (χ3n) is 3.14. The second-order valence-corrected chi connectivity index (χ2v) is 4.63. The minimum Gasteiger partial charge on any atom is -0.276 e. The number of aromatic nitrogens is 4. The van der Waals surface area contributed by atoms with Gasteiger partial charge >= 0.3 is 0 Å². The maximum atomic E-state index is 12.5. The van der Waals surface area contributed by atoms with Crippen molar-refractivity contribution in [1.29, 1.82) is 0 Å². The van der Waals surface area contributed by atoms with Gasteiger partial charge in [0, 0.05) is 6.54 Å². The molecule has 0 aliphatic rings. The van der Waals surface area contributed by atoms with Crippen LogP contribution in [-0.2, 0) is 12.4 Å². The highest BCUT2D eigenvalue weighted by Crippen LogP contribution is 2.15. The number of halogens is 1. The summed E-state index contributed by atoms with van der Waals surface area (Å²) in [5.74, 6) is 1.47. The lowest BCUT2D eigenvalue weighted by Crippen LogP contribution is -2.23. The van der Waals surface area contributed by atoms with Gasteiger partial charge in [-0.05, 0) is 18.6 Å². The molecule has 1 aromatic carbocycles. The molecule has 3 rings (SSSR count). The molecule has 0 unspecified atom stereocenters. The molecule has 0 N–H and O–H groups in total. The Hall–Kier alpha value is -1.88. The van der Waals surface area contributed by atoms with Crippen LogP contribution in [0.1, 0.15) is 19.2 Å². The summed E-state index contributed by atoms with van der Waals surface area (Å²) in [6.07, 6.45) is 0.858. The Bertz CT molecular complexity index is 805. The summed E-state index contributed by atoms with van der Waals surface area (Å²) >= 11 is 5.91. The first-order valence-electron chi connectivity index (χ1n) is 6.19. The van der Waals surface area contributed by atoms with Gasteiger partial charge in [0.1, 0.15) is 0 Å². The Balaban J connectivity index is 2.56. The molecule has 0 saturated carbocycles. The minimum atomic E-state index is -0.0292. The zero-order chi connectivity index (χ0) is 13.4. The van der Waals surface area contributed by atoms with Crippen molar-refractivity contribution in [3.63, 3.8) is 0 Å². The summed E-state index contributed by atoms with van der Waals surface area (Å²) < 4.78 is 3.52. The van der Waals surface area contributed by atoms with Crippen LogP contribution < -0.4 is 5.56 Å². The zero-order valence-electron chi connectivity index (χ0n) is 10.5. The standard InChI is InChI=1S/C13H13ClN4O/c1-2-7-17-12(19)9-5-3-4-6-10(9)18-11(8-14)15-16-13(17)18/h3-6H,2,7-8H2,1H3. The van der Waals surface area contributed by atoms with Crippen molar-refractivity contribution in [2.24, 2.45) is 0 Å². The van der Waals surface area contributed by atoms with Crippen molar-refractivity contribution < 1.29 is 0 Å². The van der Waals surface area contributed by atoms with Gasteiger partial charge in [0.25, 0.3) is 5.56 Å². The molecule has 98 valence electrons. The molecule has 0 atom stereocenters. The number of alkyl halides is 1. The lowest BCUT2D eigenvalue weighted by atomic mass is 10.2. The maximum absolute atomic E-state index is 12.5. The first kappa shape index (κ1) is 12.2.